The molecule has 1 N–H and O–H groups in total. The highest BCUT2D eigenvalue weighted by molar-refractivity contribution is 5.71. The molecule has 0 bridgehead atoms. The summed E-state index contributed by atoms with van der Waals surface area (Å²) in [4.78, 5) is 31.7. The Hall–Kier alpha value is -2.67. The standard InChI is InChI=1S/C22H29N5O2/c1-16-9-7-8-13-26(16)15-18-23-20-19(21(28)25(3)22(29)24(20)2)27(18)14-12-17-10-5-4-6-11-17/h4-6,10-11,16H,7-9,12-15H2,1-3H3/p+1/t16-/m0/s1. The smallest absolute Gasteiger partial charge is 0.326 e. The van der Waals surface area contributed by atoms with Crippen molar-refractivity contribution < 1.29 is 4.90 Å². The van der Waals surface area contributed by atoms with E-state index in [-0.39, 0.29) is 11.2 Å². The van der Waals surface area contributed by atoms with Gasteiger partial charge < -0.3 is 9.47 Å². The molecule has 1 aliphatic heterocycles. The van der Waals surface area contributed by atoms with Gasteiger partial charge in [0.1, 0.15) is 6.54 Å². The minimum Gasteiger partial charge on any atom is -0.326 e. The van der Waals surface area contributed by atoms with E-state index < -0.39 is 0 Å². The number of hydrogen-bond acceptors (Lipinski definition) is 3. The number of rotatable bonds is 5. The van der Waals surface area contributed by atoms with Crippen LogP contribution in [0.3, 0.4) is 0 Å². The number of hydrogen-bond donors (Lipinski definition) is 1. The first kappa shape index (κ1) is 19.6. The predicted octanol–water partition coefficient (Wildman–Crippen LogP) is 0.634. The first-order valence-electron chi connectivity index (χ1n) is 10.5. The van der Waals surface area contributed by atoms with Gasteiger partial charge in [-0.2, -0.15) is 0 Å². The van der Waals surface area contributed by atoms with Crippen LogP contribution in [0.4, 0.5) is 0 Å². The average Bonchev–Trinajstić information content (AvgIpc) is 3.10. The van der Waals surface area contributed by atoms with E-state index >= 15 is 0 Å². The lowest BCUT2D eigenvalue weighted by Crippen LogP contribution is -3.15. The van der Waals surface area contributed by atoms with Crippen molar-refractivity contribution >= 4 is 11.2 Å². The summed E-state index contributed by atoms with van der Waals surface area (Å²) in [7, 11) is 3.23. The molecule has 0 amide bonds. The maximum atomic E-state index is 13.0. The van der Waals surface area contributed by atoms with Crippen molar-refractivity contribution in [3.63, 3.8) is 0 Å². The number of fused-ring (bicyclic) bond motifs is 1. The molecule has 7 nitrogen and oxygen atoms in total. The third-order valence-electron chi connectivity index (χ3n) is 6.36. The van der Waals surface area contributed by atoms with Crippen molar-refractivity contribution in [3.05, 3.63) is 62.6 Å². The van der Waals surface area contributed by atoms with Crippen LogP contribution in [-0.2, 0) is 33.6 Å². The Morgan fingerprint density at radius 1 is 1.10 bits per heavy atom. The quantitative estimate of drug-likeness (QED) is 0.688. The number of nitrogens with one attached hydrogen (secondary N) is 1. The van der Waals surface area contributed by atoms with E-state index in [4.69, 9.17) is 4.98 Å². The zero-order valence-corrected chi connectivity index (χ0v) is 17.5. The molecule has 3 heterocycles. The zero-order chi connectivity index (χ0) is 20.5. The molecule has 2 atom stereocenters. The fourth-order valence-corrected chi connectivity index (χ4v) is 4.47. The van der Waals surface area contributed by atoms with Gasteiger partial charge in [0.25, 0.3) is 5.56 Å². The third-order valence-corrected chi connectivity index (χ3v) is 6.36. The molecule has 0 radical (unpaired) electrons. The molecule has 0 saturated carbocycles. The minimum atomic E-state index is -0.333. The molecule has 3 aromatic rings. The first-order chi connectivity index (χ1) is 14.0. The van der Waals surface area contributed by atoms with Crippen LogP contribution in [0.25, 0.3) is 11.2 Å². The van der Waals surface area contributed by atoms with Crippen LogP contribution in [0, 0.1) is 0 Å². The van der Waals surface area contributed by atoms with Crippen molar-refractivity contribution in [1.29, 1.82) is 0 Å². The second-order valence-corrected chi connectivity index (χ2v) is 8.28. The van der Waals surface area contributed by atoms with Gasteiger partial charge in [0, 0.05) is 20.6 Å². The largest absolute Gasteiger partial charge is 0.332 e. The molecule has 1 unspecified atom stereocenters. The van der Waals surface area contributed by atoms with Crippen molar-refractivity contribution in [3.8, 4) is 0 Å². The Kier molecular flexibility index (Phi) is 5.41. The van der Waals surface area contributed by atoms with E-state index in [9.17, 15) is 9.59 Å². The Morgan fingerprint density at radius 2 is 1.86 bits per heavy atom. The van der Waals surface area contributed by atoms with E-state index in [0.29, 0.717) is 23.8 Å². The monoisotopic (exact) mass is 396 g/mol. The summed E-state index contributed by atoms with van der Waals surface area (Å²) in [5.74, 6) is 0.901. The van der Waals surface area contributed by atoms with Crippen LogP contribution in [0.2, 0.25) is 0 Å². The van der Waals surface area contributed by atoms with Gasteiger partial charge >= 0.3 is 5.69 Å². The van der Waals surface area contributed by atoms with E-state index in [1.807, 2.05) is 18.2 Å². The first-order valence-corrected chi connectivity index (χ1v) is 10.5. The summed E-state index contributed by atoms with van der Waals surface area (Å²) < 4.78 is 4.73. The highest BCUT2D eigenvalue weighted by Gasteiger charge is 2.26. The topological polar surface area (TPSA) is 66.3 Å². The number of aryl methyl sites for hydroxylation is 3. The van der Waals surface area contributed by atoms with Crippen molar-refractivity contribution in [2.24, 2.45) is 14.1 Å². The average molecular weight is 397 g/mol. The Labute approximate surface area is 170 Å². The molecule has 0 aliphatic carbocycles. The number of aromatic nitrogens is 4. The van der Waals surface area contributed by atoms with E-state index in [2.05, 4.69) is 23.6 Å². The maximum absolute atomic E-state index is 13.0. The number of nitrogens with zero attached hydrogens (tertiary/aromatic N) is 4. The van der Waals surface area contributed by atoms with Gasteiger partial charge in [-0.05, 0) is 38.2 Å². The van der Waals surface area contributed by atoms with Crippen molar-refractivity contribution in [2.75, 3.05) is 6.54 Å². The van der Waals surface area contributed by atoms with Crippen LogP contribution in [0.15, 0.2) is 39.9 Å². The van der Waals surface area contributed by atoms with E-state index in [1.54, 1.807) is 7.05 Å². The zero-order valence-electron chi connectivity index (χ0n) is 17.5. The normalized spacial score (nSPS) is 19.7. The van der Waals surface area contributed by atoms with Crippen molar-refractivity contribution in [1.82, 2.24) is 18.7 Å². The molecule has 4 rings (SSSR count). The summed E-state index contributed by atoms with van der Waals surface area (Å²) in [6, 6.07) is 10.9. The molecule has 1 fully saturated rings. The number of benzene rings is 1. The second-order valence-electron chi connectivity index (χ2n) is 8.28. The molecule has 1 aliphatic rings. The van der Waals surface area contributed by atoms with Gasteiger partial charge in [-0.1, -0.05) is 30.3 Å². The molecule has 0 spiro atoms. The van der Waals surface area contributed by atoms with E-state index in [1.165, 1.54) is 45.9 Å². The predicted molar refractivity (Wildman–Crippen MR) is 113 cm³/mol. The molecule has 154 valence electrons. The van der Waals surface area contributed by atoms with Gasteiger partial charge in [0.15, 0.2) is 17.0 Å². The fourth-order valence-electron chi connectivity index (χ4n) is 4.47. The highest BCUT2D eigenvalue weighted by atomic mass is 16.2. The summed E-state index contributed by atoms with van der Waals surface area (Å²) >= 11 is 0. The molecule has 7 heteroatoms. The highest BCUT2D eigenvalue weighted by Crippen LogP contribution is 2.13. The second kappa shape index (κ2) is 7.99. The molecule has 1 saturated heterocycles. The van der Waals surface area contributed by atoms with E-state index in [0.717, 1.165) is 25.3 Å². The molecule has 1 aromatic carbocycles. The van der Waals surface area contributed by atoms with Crippen LogP contribution >= 0.6 is 0 Å². The number of quaternary nitrogens is 1. The summed E-state index contributed by atoms with van der Waals surface area (Å²) in [6.45, 7) is 4.87. The fraction of sp³-hybridized carbons (Fsp3) is 0.500. The lowest BCUT2D eigenvalue weighted by molar-refractivity contribution is -0.942. The van der Waals surface area contributed by atoms with Gasteiger partial charge in [-0.15, -0.1) is 0 Å². The summed E-state index contributed by atoms with van der Waals surface area (Å²) in [6.07, 6.45) is 4.55. The van der Waals surface area contributed by atoms with Gasteiger partial charge in [0.2, 0.25) is 0 Å². The SMILES string of the molecule is C[C@H]1CCCC[NH+]1Cc1nc2c(c(=O)n(C)c(=O)n2C)n1CCc1ccccc1. The van der Waals surface area contributed by atoms with Crippen LogP contribution in [0.5, 0.6) is 0 Å². The maximum Gasteiger partial charge on any atom is 0.332 e. The lowest BCUT2D eigenvalue weighted by atomic mass is 10.0. The number of imidazole rings is 1. The van der Waals surface area contributed by atoms with Crippen molar-refractivity contribution in [2.45, 2.75) is 51.7 Å². The Balaban J connectivity index is 1.80. The minimum absolute atomic E-state index is 0.267. The summed E-state index contributed by atoms with van der Waals surface area (Å²) in [5.41, 5.74) is 1.65. The molecular formula is C22H30N5O2+. The molecule has 2 aromatic heterocycles. The summed E-state index contributed by atoms with van der Waals surface area (Å²) in [5, 5.41) is 0. The molecule has 29 heavy (non-hydrogen) atoms. The lowest BCUT2D eigenvalue weighted by Gasteiger charge is -2.30. The van der Waals surface area contributed by atoms with Gasteiger partial charge in [-0.25, -0.2) is 9.78 Å². The Bertz CT molecular complexity index is 1130. The van der Waals surface area contributed by atoms with Crippen LogP contribution in [-0.4, -0.2) is 31.3 Å². The third kappa shape index (κ3) is 3.67. The molecular weight excluding hydrogens is 366 g/mol. The van der Waals surface area contributed by atoms with Crippen LogP contribution in [0.1, 0.15) is 37.6 Å². The number of piperidine rings is 1. The van der Waals surface area contributed by atoms with Gasteiger partial charge in [-0.3, -0.25) is 13.9 Å². The van der Waals surface area contributed by atoms with Crippen LogP contribution < -0.4 is 16.1 Å². The number of likely N-dealkylation sites (tertiary alicyclic amines) is 1. The van der Waals surface area contributed by atoms with Gasteiger partial charge in [0.05, 0.1) is 12.6 Å². The Morgan fingerprint density at radius 3 is 2.59 bits per heavy atom.